The fourth-order valence-electron chi connectivity index (χ4n) is 4.63. The Kier molecular flexibility index (Phi) is 3.25. The van der Waals surface area contributed by atoms with Crippen molar-refractivity contribution in [3.63, 3.8) is 0 Å². The lowest BCUT2D eigenvalue weighted by atomic mass is 9.78. The second-order valence-electron chi connectivity index (χ2n) is 7.25. The summed E-state index contributed by atoms with van der Waals surface area (Å²) in [6.45, 7) is 6.60. The van der Waals surface area contributed by atoms with Crippen LogP contribution in [0, 0.1) is 17.8 Å². The minimum atomic E-state index is -0.213. The molecule has 0 aromatic carbocycles. The Morgan fingerprint density at radius 1 is 1.06 bits per heavy atom. The van der Waals surface area contributed by atoms with E-state index >= 15 is 0 Å². The number of rotatable bonds is 3. The Morgan fingerprint density at radius 3 is 2.33 bits per heavy atom. The highest BCUT2D eigenvalue weighted by atomic mass is 16.1. The lowest BCUT2D eigenvalue weighted by Crippen LogP contribution is -2.54. The topological polar surface area (TPSA) is 20.3 Å². The predicted octanol–water partition coefficient (Wildman–Crippen LogP) is 3.26. The van der Waals surface area contributed by atoms with Crippen LogP contribution < -0.4 is 0 Å². The van der Waals surface area contributed by atoms with Crippen LogP contribution in [0.2, 0.25) is 0 Å². The van der Waals surface area contributed by atoms with Gasteiger partial charge in [0, 0.05) is 5.92 Å². The monoisotopic (exact) mass is 249 g/mol. The third-order valence-corrected chi connectivity index (χ3v) is 5.82. The van der Waals surface area contributed by atoms with Gasteiger partial charge in [0.2, 0.25) is 0 Å². The summed E-state index contributed by atoms with van der Waals surface area (Å²) < 4.78 is 0. The van der Waals surface area contributed by atoms with Crippen molar-refractivity contribution < 1.29 is 4.79 Å². The molecule has 0 aromatic heterocycles. The summed E-state index contributed by atoms with van der Waals surface area (Å²) in [6, 6.07) is 0. The number of Topliss-reactive ketones (excluding diaryl/α,β-unsaturated/α-hetero) is 1. The molecular weight excluding hydrogens is 222 g/mol. The van der Waals surface area contributed by atoms with Crippen molar-refractivity contribution in [3.8, 4) is 0 Å². The zero-order chi connectivity index (χ0) is 12.8. The number of fused-ring (bicyclic) bond motifs is 2. The van der Waals surface area contributed by atoms with E-state index < -0.39 is 0 Å². The number of hydrogen-bond donors (Lipinski definition) is 0. The normalized spacial score (nSPS) is 37.1. The van der Waals surface area contributed by atoms with Crippen molar-refractivity contribution in [3.05, 3.63) is 0 Å². The highest BCUT2D eigenvalue weighted by Gasteiger charge is 2.48. The summed E-state index contributed by atoms with van der Waals surface area (Å²) in [5.41, 5.74) is -0.213. The molecule has 3 fully saturated rings. The fraction of sp³-hybridized carbons (Fsp3) is 0.938. The number of nitrogens with zero attached hydrogens (tertiary/aromatic N) is 1. The largest absolute Gasteiger partial charge is 0.297 e. The van der Waals surface area contributed by atoms with E-state index in [1.54, 1.807) is 0 Å². The first kappa shape index (κ1) is 12.7. The molecule has 3 rings (SSSR count). The van der Waals surface area contributed by atoms with Crippen LogP contribution in [0.15, 0.2) is 0 Å². The summed E-state index contributed by atoms with van der Waals surface area (Å²) in [5.74, 6) is 2.55. The third kappa shape index (κ3) is 2.03. The van der Waals surface area contributed by atoms with Gasteiger partial charge < -0.3 is 0 Å². The zero-order valence-corrected chi connectivity index (χ0v) is 12.0. The Hall–Kier alpha value is -0.370. The summed E-state index contributed by atoms with van der Waals surface area (Å²) in [4.78, 5) is 15.4. The van der Waals surface area contributed by atoms with Crippen LogP contribution in [-0.2, 0) is 4.79 Å². The molecular formula is C16H27NO. The van der Waals surface area contributed by atoms with Crippen molar-refractivity contribution in [2.24, 2.45) is 17.8 Å². The predicted molar refractivity (Wildman–Crippen MR) is 73.4 cm³/mol. The molecule has 1 saturated heterocycles. The van der Waals surface area contributed by atoms with Gasteiger partial charge in [-0.05, 0) is 70.9 Å². The SMILES string of the molecule is CC(C)(C(=O)C1CC2CCC1C2)N1CCCCC1. The smallest absolute Gasteiger partial charge is 0.155 e. The van der Waals surface area contributed by atoms with Crippen LogP contribution >= 0.6 is 0 Å². The molecule has 0 amide bonds. The molecule has 2 aliphatic carbocycles. The van der Waals surface area contributed by atoms with E-state index in [1.807, 2.05) is 0 Å². The molecule has 1 aliphatic heterocycles. The summed E-state index contributed by atoms with van der Waals surface area (Å²) in [7, 11) is 0. The van der Waals surface area contributed by atoms with Gasteiger partial charge in [0.05, 0.1) is 5.54 Å². The number of carbonyl (C=O) groups is 1. The molecule has 1 heterocycles. The fourth-order valence-corrected chi connectivity index (χ4v) is 4.63. The zero-order valence-electron chi connectivity index (χ0n) is 12.0. The summed E-state index contributed by atoms with van der Waals surface area (Å²) >= 11 is 0. The van der Waals surface area contributed by atoms with Gasteiger partial charge in [-0.1, -0.05) is 12.8 Å². The van der Waals surface area contributed by atoms with Crippen molar-refractivity contribution in [1.82, 2.24) is 4.90 Å². The second-order valence-corrected chi connectivity index (χ2v) is 7.25. The molecule has 3 aliphatic rings. The number of likely N-dealkylation sites (tertiary alicyclic amines) is 1. The lowest BCUT2D eigenvalue weighted by Gasteiger charge is -2.42. The molecule has 0 aromatic rings. The standard InChI is InChI=1S/C16H27NO/c1-16(2,17-8-4-3-5-9-17)15(18)14-11-12-6-7-13(14)10-12/h12-14H,3-11H2,1-2H3. The first-order valence-corrected chi connectivity index (χ1v) is 7.88. The number of hydrogen-bond acceptors (Lipinski definition) is 2. The van der Waals surface area contributed by atoms with Gasteiger partial charge in [0.15, 0.2) is 5.78 Å². The maximum atomic E-state index is 12.9. The van der Waals surface area contributed by atoms with Crippen LogP contribution in [-0.4, -0.2) is 29.3 Å². The van der Waals surface area contributed by atoms with Crippen LogP contribution in [0.25, 0.3) is 0 Å². The average Bonchev–Trinajstić information content (AvgIpc) is 3.01. The van der Waals surface area contributed by atoms with E-state index in [0.717, 1.165) is 24.9 Å². The maximum absolute atomic E-state index is 12.9. The minimum absolute atomic E-state index is 0.213. The quantitative estimate of drug-likeness (QED) is 0.765. The van der Waals surface area contributed by atoms with Crippen molar-refractivity contribution in [2.45, 2.75) is 64.3 Å². The van der Waals surface area contributed by atoms with Crippen LogP contribution in [0.5, 0.6) is 0 Å². The van der Waals surface area contributed by atoms with Crippen LogP contribution in [0.1, 0.15) is 58.8 Å². The number of carbonyl (C=O) groups excluding carboxylic acids is 1. The van der Waals surface area contributed by atoms with E-state index in [0.29, 0.717) is 11.7 Å². The van der Waals surface area contributed by atoms with Gasteiger partial charge in [0.25, 0.3) is 0 Å². The average molecular weight is 249 g/mol. The summed E-state index contributed by atoms with van der Waals surface area (Å²) in [5, 5.41) is 0. The maximum Gasteiger partial charge on any atom is 0.155 e. The van der Waals surface area contributed by atoms with E-state index in [1.165, 1.54) is 44.9 Å². The van der Waals surface area contributed by atoms with E-state index in [9.17, 15) is 4.79 Å². The molecule has 102 valence electrons. The van der Waals surface area contributed by atoms with Crippen molar-refractivity contribution in [1.29, 1.82) is 0 Å². The van der Waals surface area contributed by atoms with Gasteiger partial charge in [-0.15, -0.1) is 0 Å². The Morgan fingerprint density at radius 2 is 1.78 bits per heavy atom. The van der Waals surface area contributed by atoms with E-state index in [2.05, 4.69) is 18.7 Å². The molecule has 3 atom stereocenters. The van der Waals surface area contributed by atoms with Crippen molar-refractivity contribution in [2.75, 3.05) is 13.1 Å². The van der Waals surface area contributed by atoms with Crippen LogP contribution in [0.4, 0.5) is 0 Å². The highest BCUT2D eigenvalue weighted by molar-refractivity contribution is 5.90. The first-order chi connectivity index (χ1) is 8.59. The number of piperidine rings is 1. The van der Waals surface area contributed by atoms with Gasteiger partial charge in [-0.3, -0.25) is 9.69 Å². The van der Waals surface area contributed by atoms with E-state index in [-0.39, 0.29) is 5.54 Å². The molecule has 2 heteroatoms. The Balaban J connectivity index is 1.70. The number of ketones is 1. The first-order valence-electron chi connectivity index (χ1n) is 7.88. The van der Waals surface area contributed by atoms with Gasteiger partial charge >= 0.3 is 0 Å². The molecule has 18 heavy (non-hydrogen) atoms. The second kappa shape index (κ2) is 4.63. The molecule has 0 N–H and O–H groups in total. The molecule has 2 saturated carbocycles. The van der Waals surface area contributed by atoms with Gasteiger partial charge in [-0.2, -0.15) is 0 Å². The van der Waals surface area contributed by atoms with Gasteiger partial charge in [-0.25, -0.2) is 0 Å². The lowest BCUT2D eigenvalue weighted by molar-refractivity contribution is -0.135. The highest BCUT2D eigenvalue weighted by Crippen LogP contribution is 2.50. The van der Waals surface area contributed by atoms with E-state index in [4.69, 9.17) is 0 Å². The third-order valence-electron chi connectivity index (χ3n) is 5.82. The Labute approximate surface area is 111 Å². The molecule has 2 nitrogen and oxygen atoms in total. The van der Waals surface area contributed by atoms with Gasteiger partial charge in [0.1, 0.15) is 0 Å². The molecule has 3 unspecified atom stereocenters. The van der Waals surface area contributed by atoms with Crippen LogP contribution in [0.3, 0.4) is 0 Å². The minimum Gasteiger partial charge on any atom is -0.297 e. The molecule has 0 radical (unpaired) electrons. The molecule has 2 bridgehead atoms. The van der Waals surface area contributed by atoms with Crippen molar-refractivity contribution >= 4 is 5.78 Å². The summed E-state index contributed by atoms with van der Waals surface area (Å²) in [6.07, 6.45) is 9.12. The Bertz CT molecular complexity index is 330. The molecule has 0 spiro atoms.